The van der Waals surface area contributed by atoms with Crippen molar-refractivity contribution in [1.82, 2.24) is 14.8 Å². The molecule has 25 heavy (non-hydrogen) atoms. The van der Waals surface area contributed by atoms with Gasteiger partial charge in [0.2, 0.25) is 5.91 Å². The summed E-state index contributed by atoms with van der Waals surface area (Å²) in [5.74, 6) is 0.204. The summed E-state index contributed by atoms with van der Waals surface area (Å²) >= 11 is 2.41. The number of hydrogen-bond acceptors (Lipinski definition) is 2. The monoisotopic (exact) mass is 449 g/mol. The van der Waals surface area contributed by atoms with Gasteiger partial charge in [0.1, 0.15) is 0 Å². The van der Waals surface area contributed by atoms with Crippen LogP contribution >= 0.6 is 22.6 Å². The lowest BCUT2D eigenvalue weighted by atomic mass is 9.79. The first-order valence-electron chi connectivity index (χ1n) is 9.05. The minimum Gasteiger partial charge on any atom is -0.350 e. The molecule has 1 aromatic heterocycles. The number of amides is 1. The zero-order valence-electron chi connectivity index (χ0n) is 15.0. The molecule has 5 heteroatoms. The summed E-state index contributed by atoms with van der Waals surface area (Å²) in [4.78, 5) is 20.8. The first-order valence-corrected chi connectivity index (χ1v) is 10.1. The molecular weight excluding hydrogens is 425 g/mol. The number of carbonyl (C=O) groups is 1. The van der Waals surface area contributed by atoms with Crippen LogP contribution in [0.15, 0.2) is 24.3 Å². The quantitative estimate of drug-likeness (QED) is 0.729. The molecule has 2 aromatic rings. The van der Waals surface area contributed by atoms with Gasteiger partial charge in [0, 0.05) is 36.6 Å². The molecule has 2 aliphatic rings. The summed E-state index contributed by atoms with van der Waals surface area (Å²) in [5.41, 5.74) is 5.25. The molecule has 4 nitrogen and oxygen atoms in total. The van der Waals surface area contributed by atoms with Gasteiger partial charge in [-0.3, -0.25) is 9.69 Å². The summed E-state index contributed by atoms with van der Waals surface area (Å²) < 4.78 is 1.24. The topological polar surface area (TPSA) is 39.3 Å². The number of nitrogens with one attached hydrogen (secondary N) is 1. The molecule has 1 aliphatic heterocycles. The van der Waals surface area contributed by atoms with Gasteiger partial charge in [-0.05, 0) is 72.7 Å². The largest absolute Gasteiger partial charge is 0.350 e. The summed E-state index contributed by atoms with van der Waals surface area (Å²) in [6.45, 7) is 6.46. The van der Waals surface area contributed by atoms with E-state index in [1.807, 2.05) is 4.90 Å². The number of H-pyrrole nitrogens is 1. The van der Waals surface area contributed by atoms with Crippen LogP contribution in [0.5, 0.6) is 0 Å². The Balaban J connectivity index is 1.83. The molecule has 0 saturated carbocycles. The predicted molar refractivity (Wildman–Crippen MR) is 111 cm³/mol. The van der Waals surface area contributed by atoms with Gasteiger partial charge in [-0.2, -0.15) is 0 Å². The number of benzene rings is 1. The third kappa shape index (κ3) is 2.63. The second-order valence-corrected chi connectivity index (χ2v) is 8.12. The molecule has 1 amide bonds. The fourth-order valence-corrected chi connectivity index (χ4v) is 5.20. The van der Waals surface area contributed by atoms with E-state index in [0.29, 0.717) is 6.04 Å². The van der Waals surface area contributed by atoms with Crippen LogP contribution in [0.3, 0.4) is 0 Å². The van der Waals surface area contributed by atoms with E-state index in [4.69, 9.17) is 0 Å². The van der Waals surface area contributed by atoms with Gasteiger partial charge in [0.15, 0.2) is 0 Å². The number of halogens is 1. The Labute approximate surface area is 162 Å². The van der Waals surface area contributed by atoms with Crippen LogP contribution in [-0.2, 0) is 11.2 Å². The predicted octanol–water partition coefficient (Wildman–Crippen LogP) is 3.51. The maximum atomic E-state index is 12.9. The minimum absolute atomic E-state index is 0.0500. The van der Waals surface area contributed by atoms with E-state index in [1.165, 1.54) is 31.3 Å². The molecule has 0 saturated heterocycles. The highest BCUT2D eigenvalue weighted by molar-refractivity contribution is 14.1. The molecule has 1 aromatic carbocycles. The number of likely N-dealkylation sites (N-methyl/N-ethyl adjacent to an activating group) is 1. The summed E-state index contributed by atoms with van der Waals surface area (Å²) in [6, 6.07) is 6.85. The number of hydrogen-bond donors (Lipinski definition) is 1. The molecule has 1 aliphatic carbocycles. The van der Waals surface area contributed by atoms with Crippen LogP contribution in [0.4, 0.5) is 0 Å². The Hall–Kier alpha value is -1.34. The van der Waals surface area contributed by atoms with Crippen LogP contribution < -0.4 is 0 Å². The molecule has 2 heterocycles. The minimum atomic E-state index is -0.0500. The molecular formula is C20H24IN3O. The standard InChI is InChI=1S/C20H24IN3O/c1-4-24(5-2)20(25)12-9-14-13-7-6-8-16-18(13)15(19(21)22-16)10-17(14)23(3)11-12/h6-9,12,17,22H,4-5,10-11H2,1-3H3/t12-,17-/m1/s1. The molecule has 0 fully saturated rings. The lowest BCUT2D eigenvalue weighted by Crippen LogP contribution is -2.47. The van der Waals surface area contributed by atoms with Gasteiger partial charge < -0.3 is 9.88 Å². The molecule has 0 spiro atoms. The van der Waals surface area contributed by atoms with Crippen molar-refractivity contribution in [1.29, 1.82) is 0 Å². The Morgan fingerprint density at radius 1 is 1.36 bits per heavy atom. The zero-order valence-corrected chi connectivity index (χ0v) is 17.1. The van der Waals surface area contributed by atoms with E-state index in [2.05, 4.69) is 77.6 Å². The van der Waals surface area contributed by atoms with E-state index < -0.39 is 0 Å². The number of nitrogens with zero attached hydrogens (tertiary/aromatic N) is 2. The van der Waals surface area contributed by atoms with Crippen LogP contribution in [0.25, 0.3) is 16.5 Å². The lowest BCUT2D eigenvalue weighted by Gasteiger charge is -2.40. The Kier molecular flexibility index (Phi) is 4.40. The maximum absolute atomic E-state index is 12.9. The second-order valence-electron chi connectivity index (χ2n) is 7.04. The molecule has 0 bridgehead atoms. The second kappa shape index (κ2) is 6.43. The van der Waals surface area contributed by atoms with E-state index in [-0.39, 0.29) is 11.8 Å². The van der Waals surface area contributed by atoms with E-state index >= 15 is 0 Å². The summed E-state index contributed by atoms with van der Waals surface area (Å²) in [7, 11) is 2.16. The van der Waals surface area contributed by atoms with Crippen LogP contribution in [-0.4, -0.2) is 53.4 Å². The average Bonchev–Trinajstić information content (AvgIpc) is 2.93. The molecule has 0 unspecified atom stereocenters. The Morgan fingerprint density at radius 2 is 2.12 bits per heavy atom. The van der Waals surface area contributed by atoms with Crippen molar-refractivity contribution >= 4 is 45.0 Å². The number of fused-ring (bicyclic) bond motifs is 2. The van der Waals surface area contributed by atoms with Crippen molar-refractivity contribution in [3.8, 4) is 0 Å². The highest BCUT2D eigenvalue weighted by atomic mass is 127. The molecule has 1 N–H and O–H groups in total. The van der Waals surface area contributed by atoms with Crippen molar-refractivity contribution in [3.05, 3.63) is 39.1 Å². The highest BCUT2D eigenvalue weighted by Gasteiger charge is 2.37. The molecule has 2 atom stereocenters. The SMILES string of the molecule is CCN(CC)C(=O)[C@@H]1C=C2c3cccc4[nH]c(I)c(c34)C[C@H]2N(C)C1. The van der Waals surface area contributed by atoms with Gasteiger partial charge in [0.25, 0.3) is 0 Å². The fraction of sp³-hybridized carbons (Fsp3) is 0.450. The van der Waals surface area contributed by atoms with Gasteiger partial charge in [-0.25, -0.2) is 0 Å². The van der Waals surface area contributed by atoms with E-state index in [1.54, 1.807) is 0 Å². The van der Waals surface area contributed by atoms with Crippen LogP contribution in [0, 0.1) is 9.62 Å². The summed E-state index contributed by atoms with van der Waals surface area (Å²) in [5, 5.41) is 1.35. The number of aromatic amines is 1. The summed E-state index contributed by atoms with van der Waals surface area (Å²) in [6.07, 6.45) is 3.27. The maximum Gasteiger partial charge on any atom is 0.230 e. The van der Waals surface area contributed by atoms with E-state index in [0.717, 1.165) is 26.1 Å². The molecule has 0 radical (unpaired) electrons. The first-order chi connectivity index (χ1) is 12.0. The van der Waals surface area contributed by atoms with Crippen molar-refractivity contribution in [3.63, 3.8) is 0 Å². The smallest absolute Gasteiger partial charge is 0.230 e. The zero-order chi connectivity index (χ0) is 17.7. The Morgan fingerprint density at radius 3 is 2.84 bits per heavy atom. The normalized spacial score (nSPS) is 22.6. The lowest BCUT2D eigenvalue weighted by molar-refractivity contribution is -0.134. The van der Waals surface area contributed by atoms with Crippen molar-refractivity contribution < 1.29 is 4.79 Å². The number of aromatic nitrogens is 1. The third-order valence-corrected chi connectivity index (χ3v) is 6.65. The van der Waals surface area contributed by atoms with Crippen molar-refractivity contribution in [2.24, 2.45) is 5.92 Å². The highest BCUT2D eigenvalue weighted by Crippen LogP contribution is 2.42. The molecule has 4 rings (SSSR count). The fourth-order valence-electron chi connectivity index (χ4n) is 4.42. The van der Waals surface area contributed by atoms with Crippen LogP contribution in [0.1, 0.15) is 25.0 Å². The number of rotatable bonds is 3. The number of carbonyl (C=O) groups excluding carboxylic acids is 1. The van der Waals surface area contributed by atoms with Crippen molar-refractivity contribution in [2.45, 2.75) is 26.3 Å². The van der Waals surface area contributed by atoms with Gasteiger partial charge in [-0.1, -0.05) is 18.2 Å². The first kappa shape index (κ1) is 17.1. The van der Waals surface area contributed by atoms with Crippen LogP contribution in [0.2, 0.25) is 0 Å². The average molecular weight is 449 g/mol. The van der Waals surface area contributed by atoms with E-state index in [9.17, 15) is 4.79 Å². The third-order valence-electron chi connectivity index (χ3n) is 5.73. The molecule has 132 valence electrons. The Bertz CT molecular complexity index is 865. The van der Waals surface area contributed by atoms with Gasteiger partial charge in [-0.15, -0.1) is 0 Å². The van der Waals surface area contributed by atoms with Crippen molar-refractivity contribution in [2.75, 3.05) is 26.7 Å². The van der Waals surface area contributed by atoms with Gasteiger partial charge in [0.05, 0.1) is 9.62 Å². The van der Waals surface area contributed by atoms with Gasteiger partial charge >= 0.3 is 0 Å².